The van der Waals surface area contributed by atoms with Crippen molar-refractivity contribution in [1.82, 2.24) is 25.0 Å². The van der Waals surface area contributed by atoms with E-state index in [4.69, 9.17) is 5.11 Å². The lowest BCUT2D eigenvalue weighted by molar-refractivity contribution is -0.137. The molecule has 9 heteroatoms. The summed E-state index contributed by atoms with van der Waals surface area (Å²) in [4.78, 5) is 36.9. The summed E-state index contributed by atoms with van der Waals surface area (Å²) in [5, 5.41) is 15.6. The van der Waals surface area contributed by atoms with Gasteiger partial charge in [0.25, 0.3) is 5.56 Å². The molecule has 0 amide bonds. The molecule has 16 heavy (non-hydrogen) atoms. The molecule has 0 aliphatic rings. The van der Waals surface area contributed by atoms with Gasteiger partial charge in [-0.3, -0.25) is 19.6 Å². The number of rotatable bonds is 3. The number of carboxylic acid groups (broad SMARTS) is 1. The molecule has 0 atom stereocenters. The number of aromatic nitrogens is 5. The summed E-state index contributed by atoms with van der Waals surface area (Å²) in [6.07, 6.45) is -0.173. The number of nitrogens with one attached hydrogen (secondary N) is 2. The van der Waals surface area contributed by atoms with E-state index in [0.717, 1.165) is 0 Å². The molecule has 0 aliphatic carbocycles. The van der Waals surface area contributed by atoms with Crippen molar-refractivity contribution in [2.24, 2.45) is 0 Å². The van der Waals surface area contributed by atoms with Crippen molar-refractivity contribution in [3.05, 3.63) is 20.8 Å². The van der Waals surface area contributed by atoms with Gasteiger partial charge in [0.1, 0.15) is 0 Å². The lowest BCUT2D eigenvalue weighted by Crippen LogP contribution is -2.22. The van der Waals surface area contributed by atoms with Gasteiger partial charge in [0.05, 0.1) is 13.0 Å². The van der Waals surface area contributed by atoms with E-state index < -0.39 is 17.2 Å². The SMILES string of the molecule is O=C(O)CCn1nnc2c(=O)[nH]c(=O)[nH]c21. The number of carbonyl (C=O) groups is 1. The Kier molecular flexibility index (Phi) is 2.27. The second-order valence-corrected chi connectivity index (χ2v) is 3.06. The first-order chi connectivity index (χ1) is 7.58. The molecule has 2 aromatic heterocycles. The molecule has 0 radical (unpaired) electrons. The van der Waals surface area contributed by atoms with E-state index in [9.17, 15) is 14.4 Å². The van der Waals surface area contributed by atoms with Crippen molar-refractivity contribution in [2.45, 2.75) is 13.0 Å². The standard InChI is InChI=1S/C7H7N5O4/c13-3(14)1-2-12-5-4(10-11-12)6(15)9-7(16)8-5/h1-2H2,(H,13,14)(H2,8,9,15,16). The zero-order chi connectivity index (χ0) is 11.7. The molecule has 0 fully saturated rings. The summed E-state index contributed by atoms with van der Waals surface area (Å²) in [6, 6.07) is 0. The summed E-state index contributed by atoms with van der Waals surface area (Å²) >= 11 is 0. The van der Waals surface area contributed by atoms with E-state index in [1.807, 2.05) is 4.98 Å². The van der Waals surface area contributed by atoms with Gasteiger partial charge in [-0.25, -0.2) is 9.48 Å². The lowest BCUT2D eigenvalue weighted by Gasteiger charge is -1.97. The number of fused-ring (bicyclic) bond motifs is 1. The quantitative estimate of drug-likeness (QED) is 0.569. The summed E-state index contributed by atoms with van der Waals surface area (Å²) in [6.45, 7) is 0.0330. The Morgan fingerprint density at radius 2 is 2.12 bits per heavy atom. The molecule has 0 saturated carbocycles. The number of aryl methyl sites for hydroxylation is 1. The van der Waals surface area contributed by atoms with Gasteiger partial charge in [-0.2, -0.15) is 0 Å². The molecule has 0 aliphatic heterocycles. The van der Waals surface area contributed by atoms with Gasteiger partial charge in [-0.05, 0) is 0 Å². The molecule has 0 unspecified atom stereocenters. The monoisotopic (exact) mass is 225 g/mol. The number of carboxylic acids is 1. The van der Waals surface area contributed by atoms with Crippen LogP contribution in [-0.4, -0.2) is 36.0 Å². The first-order valence-corrected chi connectivity index (χ1v) is 4.35. The maximum Gasteiger partial charge on any atom is 0.327 e. The van der Waals surface area contributed by atoms with E-state index in [1.54, 1.807) is 0 Å². The van der Waals surface area contributed by atoms with Gasteiger partial charge in [0, 0.05) is 0 Å². The van der Waals surface area contributed by atoms with E-state index >= 15 is 0 Å². The highest BCUT2D eigenvalue weighted by Gasteiger charge is 2.10. The number of nitrogens with zero attached hydrogens (tertiary/aromatic N) is 3. The molecule has 2 heterocycles. The molecule has 0 saturated heterocycles. The van der Waals surface area contributed by atoms with E-state index in [2.05, 4.69) is 15.3 Å². The van der Waals surface area contributed by atoms with Crippen molar-refractivity contribution in [2.75, 3.05) is 0 Å². The highest BCUT2D eigenvalue weighted by molar-refractivity contribution is 5.69. The second-order valence-electron chi connectivity index (χ2n) is 3.06. The fraction of sp³-hybridized carbons (Fsp3) is 0.286. The molecule has 2 aromatic rings. The highest BCUT2D eigenvalue weighted by atomic mass is 16.4. The first kappa shape index (κ1) is 10.1. The average Bonchev–Trinajstić information content (AvgIpc) is 2.58. The third kappa shape index (κ3) is 1.69. The lowest BCUT2D eigenvalue weighted by atomic mass is 10.4. The van der Waals surface area contributed by atoms with Gasteiger partial charge in [-0.1, -0.05) is 5.21 Å². The van der Waals surface area contributed by atoms with Gasteiger partial charge >= 0.3 is 11.7 Å². The highest BCUT2D eigenvalue weighted by Crippen LogP contribution is 2.00. The molecule has 3 N–H and O–H groups in total. The normalized spacial score (nSPS) is 10.8. The van der Waals surface area contributed by atoms with Crippen LogP contribution in [0.4, 0.5) is 0 Å². The Labute approximate surface area is 86.7 Å². The molecule has 9 nitrogen and oxygen atoms in total. The van der Waals surface area contributed by atoms with Crippen LogP contribution in [0.15, 0.2) is 9.59 Å². The van der Waals surface area contributed by atoms with Crippen molar-refractivity contribution < 1.29 is 9.90 Å². The summed E-state index contributed by atoms with van der Waals surface area (Å²) in [5.74, 6) is -1.00. The van der Waals surface area contributed by atoms with Gasteiger partial charge < -0.3 is 5.11 Å². The number of hydrogen-bond acceptors (Lipinski definition) is 5. The number of hydrogen-bond donors (Lipinski definition) is 3. The number of aliphatic carboxylic acids is 1. The molecular weight excluding hydrogens is 218 g/mol. The van der Waals surface area contributed by atoms with Crippen molar-refractivity contribution in [3.8, 4) is 0 Å². The minimum atomic E-state index is -1.00. The molecular formula is C7H7N5O4. The van der Waals surface area contributed by atoms with E-state index in [1.165, 1.54) is 4.68 Å². The summed E-state index contributed by atoms with van der Waals surface area (Å²) in [7, 11) is 0. The third-order valence-corrected chi connectivity index (χ3v) is 1.95. The number of aromatic amines is 2. The van der Waals surface area contributed by atoms with Crippen LogP contribution in [0, 0.1) is 0 Å². The second kappa shape index (κ2) is 3.61. The fourth-order valence-corrected chi connectivity index (χ4v) is 1.25. The van der Waals surface area contributed by atoms with Crippen LogP contribution in [0.3, 0.4) is 0 Å². The molecule has 0 bridgehead atoms. The molecule has 84 valence electrons. The maximum atomic E-state index is 11.2. The number of H-pyrrole nitrogens is 2. The van der Waals surface area contributed by atoms with Crippen LogP contribution in [0.2, 0.25) is 0 Å². The molecule has 0 spiro atoms. The minimum Gasteiger partial charge on any atom is -0.481 e. The molecule has 2 rings (SSSR count). The summed E-state index contributed by atoms with van der Waals surface area (Å²) in [5.41, 5.74) is -1.24. The van der Waals surface area contributed by atoms with Crippen LogP contribution < -0.4 is 11.2 Å². The smallest absolute Gasteiger partial charge is 0.327 e. The van der Waals surface area contributed by atoms with Crippen molar-refractivity contribution in [3.63, 3.8) is 0 Å². The molecule has 0 aromatic carbocycles. The third-order valence-electron chi connectivity index (χ3n) is 1.95. The predicted molar refractivity (Wildman–Crippen MR) is 51.0 cm³/mol. The Hall–Kier alpha value is -2.45. The fourth-order valence-electron chi connectivity index (χ4n) is 1.25. The first-order valence-electron chi connectivity index (χ1n) is 4.35. The Morgan fingerprint density at radius 3 is 2.81 bits per heavy atom. The van der Waals surface area contributed by atoms with Crippen LogP contribution in [0.5, 0.6) is 0 Å². The zero-order valence-corrected chi connectivity index (χ0v) is 7.93. The van der Waals surface area contributed by atoms with E-state index in [0.29, 0.717) is 0 Å². The Morgan fingerprint density at radius 1 is 1.38 bits per heavy atom. The van der Waals surface area contributed by atoms with Crippen LogP contribution in [0.1, 0.15) is 6.42 Å². The Balaban J connectivity index is 2.52. The van der Waals surface area contributed by atoms with Crippen molar-refractivity contribution >= 4 is 17.1 Å². The van der Waals surface area contributed by atoms with Crippen LogP contribution >= 0.6 is 0 Å². The van der Waals surface area contributed by atoms with Crippen LogP contribution in [-0.2, 0) is 11.3 Å². The van der Waals surface area contributed by atoms with Crippen molar-refractivity contribution in [1.29, 1.82) is 0 Å². The van der Waals surface area contributed by atoms with E-state index in [-0.39, 0.29) is 24.1 Å². The Bertz CT molecular complexity index is 651. The predicted octanol–water partition coefficient (Wildman–Crippen LogP) is -1.72. The average molecular weight is 225 g/mol. The van der Waals surface area contributed by atoms with Gasteiger partial charge in [-0.15, -0.1) is 5.10 Å². The summed E-state index contributed by atoms with van der Waals surface area (Å²) < 4.78 is 1.17. The largest absolute Gasteiger partial charge is 0.481 e. The van der Waals surface area contributed by atoms with Gasteiger partial charge in [0.2, 0.25) is 0 Å². The van der Waals surface area contributed by atoms with Crippen LogP contribution in [0.25, 0.3) is 11.2 Å². The topological polar surface area (TPSA) is 134 Å². The minimum absolute atomic E-state index is 0.0232. The zero-order valence-electron chi connectivity index (χ0n) is 7.93. The maximum absolute atomic E-state index is 11.2. The van der Waals surface area contributed by atoms with Gasteiger partial charge in [0.15, 0.2) is 11.2 Å².